The van der Waals surface area contributed by atoms with Gasteiger partial charge >= 0.3 is 0 Å². The zero-order valence-corrected chi connectivity index (χ0v) is 13.2. The number of nitrogens with one attached hydrogen (secondary N) is 1. The van der Waals surface area contributed by atoms with E-state index < -0.39 is 0 Å². The minimum atomic E-state index is 0.344. The van der Waals surface area contributed by atoms with Crippen molar-refractivity contribution in [1.29, 1.82) is 0 Å². The molecule has 0 bridgehead atoms. The third-order valence-electron chi connectivity index (χ3n) is 3.99. The van der Waals surface area contributed by atoms with Crippen molar-refractivity contribution in [3.63, 3.8) is 0 Å². The van der Waals surface area contributed by atoms with Crippen LogP contribution in [0, 0.1) is 0 Å². The average Bonchev–Trinajstić information content (AvgIpc) is 2.47. The lowest BCUT2D eigenvalue weighted by Crippen LogP contribution is -2.46. The van der Waals surface area contributed by atoms with E-state index in [1.807, 2.05) is 11.8 Å². The maximum absolute atomic E-state index is 3.74. The zero-order valence-electron chi connectivity index (χ0n) is 12.4. The van der Waals surface area contributed by atoms with Crippen LogP contribution < -0.4 is 10.2 Å². The lowest BCUT2D eigenvalue weighted by molar-refractivity contribution is 0.402. The standard InChI is InChI=1S/C16H26N2S/c1-16(2,19-3)13-17-14-9-11-18(12-10-14)15-7-5-4-6-8-15/h4-8,14,17H,9-13H2,1-3H3. The molecule has 1 N–H and O–H groups in total. The van der Waals surface area contributed by atoms with E-state index in [1.54, 1.807) is 0 Å². The highest BCUT2D eigenvalue weighted by Crippen LogP contribution is 2.22. The van der Waals surface area contributed by atoms with Crippen molar-refractivity contribution in [2.45, 2.75) is 37.5 Å². The molecular formula is C16H26N2S. The summed E-state index contributed by atoms with van der Waals surface area (Å²) in [6.07, 6.45) is 4.69. The largest absolute Gasteiger partial charge is 0.371 e. The van der Waals surface area contributed by atoms with Gasteiger partial charge in [-0.15, -0.1) is 0 Å². The van der Waals surface area contributed by atoms with Crippen LogP contribution in [-0.2, 0) is 0 Å². The van der Waals surface area contributed by atoms with Gasteiger partial charge < -0.3 is 10.2 Å². The van der Waals surface area contributed by atoms with Crippen molar-refractivity contribution in [3.8, 4) is 0 Å². The SMILES string of the molecule is CSC(C)(C)CNC1CCN(c2ccccc2)CC1. The van der Waals surface area contributed by atoms with Crippen molar-refractivity contribution in [1.82, 2.24) is 5.32 Å². The predicted octanol–water partition coefficient (Wildman–Crippen LogP) is 3.39. The molecule has 1 aliphatic heterocycles. The van der Waals surface area contributed by atoms with Gasteiger partial charge in [0.2, 0.25) is 0 Å². The fourth-order valence-corrected chi connectivity index (χ4v) is 2.67. The van der Waals surface area contributed by atoms with Gasteiger partial charge in [-0.25, -0.2) is 0 Å². The first-order valence-electron chi connectivity index (χ1n) is 7.19. The summed E-state index contributed by atoms with van der Waals surface area (Å²) in [5.74, 6) is 0. The van der Waals surface area contributed by atoms with Crippen LogP contribution in [0.4, 0.5) is 5.69 Å². The Balaban J connectivity index is 1.77. The predicted molar refractivity (Wildman–Crippen MR) is 87.3 cm³/mol. The number of anilines is 1. The molecule has 1 aliphatic rings. The first-order chi connectivity index (χ1) is 9.11. The molecule has 1 fully saturated rings. The number of piperidine rings is 1. The summed E-state index contributed by atoms with van der Waals surface area (Å²) in [6.45, 7) is 8.06. The molecule has 0 radical (unpaired) electrons. The Kier molecular flexibility index (Phi) is 5.17. The van der Waals surface area contributed by atoms with E-state index in [0.29, 0.717) is 10.8 Å². The van der Waals surface area contributed by atoms with Crippen LogP contribution in [-0.4, -0.2) is 36.7 Å². The van der Waals surface area contributed by atoms with E-state index in [0.717, 1.165) is 6.54 Å². The van der Waals surface area contributed by atoms with Gasteiger partial charge in [0.1, 0.15) is 0 Å². The van der Waals surface area contributed by atoms with Gasteiger partial charge in [0.25, 0.3) is 0 Å². The molecule has 1 saturated heterocycles. The molecule has 106 valence electrons. The molecule has 0 unspecified atom stereocenters. The third kappa shape index (κ3) is 4.43. The number of rotatable bonds is 5. The smallest absolute Gasteiger partial charge is 0.0366 e. The second-order valence-electron chi connectivity index (χ2n) is 5.94. The van der Waals surface area contributed by atoms with Crippen LogP contribution in [0.5, 0.6) is 0 Å². The number of hydrogen-bond donors (Lipinski definition) is 1. The number of hydrogen-bond acceptors (Lipinski definition) is 3. The van der Waals surface area contributed by atoms with Crippen LogP contribution in [0.1, 0.15) is 26.7 Å². The van der Waals surface area contributed by atoms with E-state index in [1.165, 1.54) is 31.6 Å². The molecule has 2 nitrogen and oxygen atoms in total. The molecule has 1 heterocycles. The Morgan fingerprint density at radius 2 is 1.84 bits per heavy atom. The molecule has 0 aromatic heterocycles. The average molecular weight is 278 g/mol. The summed E-state index contributed by atoms with van der Waals surface area (Å²) in [5, 5.41) is 3.74. The van der Waals surface area contributed by atoms with Crippen molar-refractivity contribution >= 4 is 17.4 Å². The fourth-order valence-electron chi connectivity index (χ4n) is 2.44. The molecule has 0 aliphatic carbocycles. The van der Waals surface area contributed by atoms with Crippen molar-refractivity contribution in [3.05, 3.63) is 30.3 Å². The van der Waals surface area contributed by atoms with Crippen molar-refractivity contribution in [2.24, 2.45) is 0 Å². The second kappa shape index (κ2) is 6.67. The summed E-state index contributed by atoms with van der Waals surface area (Å²) >= 11 is 1.94. The molecule has 19 heavy (non-hydrogen) atoms. The van der Waals surface area contributed by atoms with Gasteiger partial charge in [0.15, 0.2) is 0 Å². The van der Waals surface area contributed by atoms with Gasteiger partial charge in [-0.3, -0.25) is 0 Å². The highest BCUT2D eigenvalue weighted by molar-refractivity contribution is 7.99. The summed E-state index contributed by atoms with van der Waals surface area (Å²) in [6, 6.07) is 11.4. The highest BCUT2D eigenvalue weighted by Gasteiger charge is 2.22. The molecular weight excluding hydrogens is 252 g/mol. The quantitative estimate of drug-likeness (QED) is 0.889. The number of thioether (sulfide) groups is 1. The monoisotopic (exact) mass is 278 g/mol. The fraction of sp³-hybridized carbons (Fsp3) is 0.625. The molecule has 0 spiro atoms. The maximum Gasteiger partial charge on any atom is 0.0366 e. The summed E-state index contributed by atoms with van der Waals surface area (Å²) in [4.78, 5) is 2.50. The lowest BCUT2D eigenvalue weighted by Gasteiger charge is -2.35. The van der Waals surface area contributed by atoms with Crippen LogP contribution in [0.25, 0.3) is 0 Å². The molecule has 2 rings (SSSR count). The highest BCUT2D eigenvalue weighted by atomic mass is 32.2. The van der Waals surface area contributed by atoms with Gasteiger partial charge in [-0.1, -0.05) is 18.2 Å². The van der Waals surface area contributed by atoms with E-state index in [9.17, 15) is 0 Å². The molecule has 0 amide bonds. The summed E-state index contributed by atoms with van der Waals surface area (Å²) in [5.41, 5.74) is 1.37. The number of nitrogens with zero attached hydrogens (tertiary/aromatic N) is 1. The van der Waals surface area contributed by atoms with Crippen LogP contribution in [0.15, 0.2) is 30.3 Å². The van der Waals surface area contributed by atoms with Gasteiger partial charge in [-0.2, -0.15) is 11.8 Å². The van der Waals surface area contributed by atoms with Crippen molar-refractivity contribution in [2.75, 3.05) is 30.8 Å². The molecule has 0 atom stereocenters. The Bertz CT molecular complexity index is 370. The number of benzene rings is 1. The second-order valence-corrected chi connectivity index (χ2v) is 7.46. The zero-order chi connectivity index (χ0) is 13.7. The molecule has 0 saturated carbocycles. The summed E-state index contributed by atoms with van der Waals surface area (Å²) in [7, 11) is 0. The maximum atomic E-state index is 3.74. The van der Waals surface area contributed by atoms with Crippen LogP contribution >= 0.6 is 11.8 Å². The summed E-state index contributed by atoms with van der Waals surface area (Å²) < 4.78 is 0.344. The number of para-hydroxylation sites is 1. The molecule has 1 aromatic carbocycles. The Morgan fingerprint density at radius 1 is 1.21 bits per heavy atom. The lowest BCUT2D eigenvalue weighted by atomic mass is 10.0. The Morgan fingerprint density at radius 3 is 2.42 bits per heavy atom. The van der Waals surface area contributed by atoms with Crippen molar-refractivity contribution < 1.29 is 0 Å². The van der Waals surface area contributed by atoms with Crippen LogP contribution in [0.3, 0.4) is 0 Å². The first-order valence-corrected chi connectivity index (χ1v) is 8.42. The minimum absolute atomic E-state index is 0.344. The third-order valence-corrected chi connectivity index (χ3v) is 5.23. The molecule has 1 aromatic rings. The normalized spacial score (nSPS) is 17.7. The van der Waals surface area contributed by atoms with Crippen LogP contribution in [0.2, 0.25) is 0 Å². The Hall–Kier alpha value is -0.670. The topological polar surface area (TPSA) is 15.3 Å². The van der Waals surface area contributed by atoms with Gasteiger partial charge in [0.05, 0.1) is 0 Å². The van der Waals surface area contributed by atoms with Gasteiger partial charge in [-0.05, 0) is 45.1 Å². The van der Waals surface area contributed by atoms with Gasteiger partial charge in [0, 0.05) is 36.1 Å². The molecule has 3 heteroatoms. The minimum Gasteiger partial charge on any atom is -0.371 e. The van der Waals surface area contributed by atoms with E-state index in [-0.39, 0.29) is 0 Å². The van der Waals surface area contributed by atoms with E-state index in [2.05, 4.69) is 60.7 Å². The van der Waals surface area contributed by atoms with E-state index >= 15 is 0 Å². The first kappa shape index (κ1) is 14.7. The Labute approximate surface area is 122 Å². The van der Waals surface area contributed by atoms with E-state index in [4.69, 9.17) is 0 Å².